The van der Waals surface area contributed by atoms with Gasteiger partial charge in [0.05, 0.1) is 6.20 Å². The molecule has 3 aliphatic heterocycles. The lowest BCUT2D eigenvalue weighted by atomic mass is 9.83. The molecule has 5 rings (SSSR count). The van der Waals surface area contributed by atoms with Crippen LogP contribution in [-0.2, 0) is 13.1 Å². The molecule has 0 radical (unpaired) electrons. The molecule has 154 valence electrons. The van der Waals surface area contributed by atoms with E-state index >= 15 is 0 Å². The van der Waals surface area contributed by atoms with Crippen molar-refractivity contribution in [2.24, 2.45) is 5.92 Å². The van der Waals surface area contributed by atoms with E-state index in [1.807, 2.05) is 6.20 Å². The van der Waals surface area contributed by atoms with Crippen LogP contribution in [0.15, 0.2) is 35.5 Å². The Bertz CT molecular complexity index is 913. The predicted molar refractivity (Wildman–Crippen MR) is 113 cm³/mol. The minimum Gasteiger partial charge on any atom is -0.354 e. The quantitative estimate of drug-likeness (QED) is 0.784. The molecule has 2 aromatic rings. The Balaban J connectivity index is 1.36. The van der Waals surface area contributed by atoms with Crippen LogP contribution in [0.2, 0.25) is 0 Å². The zero-order valence-corrected chi connectivity index (χ0v) is 17.2. The van der Waals surface area contributed by atoms with Gasteiger partial charge < -0.3 is 14.4 Å². The van der Waals surface area contributed by atoms with Crippen molar-refractivity contribution in [1.29, 1.82) is 0 Å². The highest BCUT2D eigenvalue weighted by molar-refractivity contribution is 5.38. The number of pyridine rings is 1. The Hall–Kier alpha value is -2.25. The topological polar surface area (TPSA) is 57.5 Å². The molecule has 7 nitrogen and oxygen atoms in total. The summed E-state index contributed by atoms with van der Waals surface area (Å²) < 4.78 is 2.08. The molecule has 7 heteroatoms. The molecule has 0 amide bonds. The molecule has 0 aromatic carbocycles. The zero-order chi connectivity index (χ0) is 19.8. The third kappa shape index (κ3) is 3.81. The third-order valence-corrected chi connectivity index (χ3v) is 6.76. The molecule has 2 saturated heterocycles. The molecule has 0 spiro atoms. The Labute approximate surface area is 172 Å². The fraction of sp³-hybridized carbons (Fsp3) is 0.591. The largest absolute Gasteiger partial charge is 0.354 e. The number of rotatable bonds is 3. The van der Waals surface area contributed by atoms with E-state index in [0.717, 1.165) is 70.2 Å². The SMILES string of the molecule is CN1CCCN(Cc2ccc3n(c2=O)C[C@H]2C[C@@H]3CN(c3cnccn3)C2)CC1. The van der Waals surface area contributed by atoms with E-state index in [4.69, 9.17) is 0 Å². The molecular formula is C22H30N6O. The van der Waals surface area contributed by atoms with Gasteiger partial charge in [0, 0.05) is 68.8 Å². The number of fused-ring (bicyclic) bond motifs is 4. The molecule has 0 aliphatic carbocycles. The maximum atomic E-state index is 13.3. The number of aromatic nitrogens is 3. The lowest BCUT2D eigenvalue weighted by molar-refractivity contribution is 0.261. The summed E-state index contributed by atoms with van der Waals surface area (Å²) in [5.41, 5.74) is 2.37. The van der Waals surface area contributed by atoms with Crippen molar-refractivity contribution >= 4 is 5.82 Å². The Morgan fingerprint density at radius 1 is 1.07 bits per heavy atom. The van der Waals surface area contributed by atoms with E-state index in [0.29, 0.717) is 11.8 Å². The summed E-state index contributed by atoms with van der Waals surface area (Å²) >= 11 is 0. The summed E-state index contributed by atoms with van der Waals surface area (Å²) in [5, 5.41) is 0. The zero-order valence-electron chi connectivity index (χ0n) is 17.2. The lowest BCUT2D eigenvalue weighted by Crippen LogP contribution is -2.48. The van der Waals surface area contributed by atoms with Gasteiger partial charge in [-0.2, -0.15) is 0 Å². The first-order valence-corrected chi connectivity index (χ1v) is 10.8. The van der Waals surface area contributed by atoms with Crippen molar-refractivity contribution < 1.29 is 0 Å². The number of likely N-dealkylation sites (N-methyl/N-ethyl adjacent to an activating group) is 1. The van der Waals surface area contributed by atoms with Crippen LogP contribution in [0.5, 0.6) is 0 Å². The van der Waals surface area contributed by atoms with Gasteiger partial charge in [0.1, 0.15) is 5.82 Å². The first-order chi connectivity index (χ1) is 14.2. The number of nitrogens with zero attached hydrogens (tertiary/aromatic N) is 6. The van der Waals surface area contributed by atoms with Crippen LogP contribution in [0.1, 0.15) is 30.0 Å². The Kier molecular flexibility index (Phi) is 5.09. The Morgan fingerprint density at radius 3 is 2.86 bits per heavy atom. The highest BCUT2D eigenvalue weighted by atomic mass is 16.1. The third-order valence-electron chi connectivity index (χ3n) is 6.76. The predicted octanol–water partition coefficient (Wildman–Crippen LogP) is 1.40. The molecule has 0 unspecified atom stereocenters. The van der Waals surface area contributed by atoms with Gasteiger partial charge >= 0.3 is 0 Å². The van der Waals surface area contributed by atoms with Crippen LogP contribution in [0.4, 0.5) is 5.82 Å². The monoisotopic (exact) mass is 394 g/mol. The van der Waals surface area contributed by atoms with Crippen molar-refractivity contribution in [1.82, 2.24) is 24.3 Å². The van der Waals surface area contributed by atoms with Gasteiger partial charge in [-0.05, 0) is 45.0 Å². The van der Waals surface area contributed by atoms with Crippen molar-refractivity contribution in [3.05, 3.63) is 52.3 Å². The Morgan fingerprint density at radius 2 is 2.00 bits per heavy atom. The highest BCUT2D eigenvalue weighted by Crippen LogP contribution is 2.36. The molecule has 0 saturated carbocycles. The van der Waals surface area contributed by atoms with Gasteiger partial charge in [-0.1, -0.05) is 6.07 Å². The van der Waals surface area contributed by atoms with Crippen LogP contribution in [-0.4, -0.2) is 70.7 Å². The summed E-state index contributed by atoms with van der Waals surface area (Å²) in [7, 11) is 2.18. The van der Waals surface area contributed by atoms with Crippen LogP contribution in [0, 0.1) is 5.92 Å². The molecule has 0 N–H and O–H groups in total. The molecule has 2 aromatic heterocycles. The molecule has 5 heterocycles. The first kappa shape index (κ1) is 18.8. The van der Waals surface area contributed by atoms with E-state index in [2.05, 4.69) is 48.4 Å². The second-order valence-corrected chi connectivity index (χ2v) is 8.90. The first-order valence-electron chi connectivity index (χ1n) is 10.8. The van der Waals surface area contributed by atoms with Crippen LogP contribution in [0.25, 0.3) is 0 Å². The van der Waals surface area contributed by atoms with Crippen molar-refractivity contribution in [2.45, 2.75) is 31.8 Å². The van der Waals surface area contributed by atoms with Crippen molar-refractivity contribution in [3.8, 4) is 0 Å². The summed E-state index contributed by atoms with van der Waals surface area (Å²) in [5.74, 6) is 1.82. The minimum absolute atomic E-state index is 0.225. The molecular weight excluding hydrogens is 364 g/mol. The number of hydrogen-bond acceptors (Lipinski definition) is 6. The van der Waals surface area contributed by atoms with Crippen LogP contribution >= 0.6 is 0 Å². The van der Waals surface area contributed by atoms with E-state index in [-0.39, 0.29) is 5.56 Å². The van der Waals surface area contributed by atoms with Gasteiger partial charge in [-0.3, -0.25) is 14.7 Å². The van der Waals surface area contributed by atoms with E-state index < -0.39 is 0 Å². The summed E-state index contributed by atoms with van der Waals surface area (Å²) in [4.78, 5) is 29.2. The van der Waals surface area contributed by atoms with Gasteiger partial charge in [-0.25, -0.2) is 4.98 Å². The minimum atomic E-state index is 0.225. The average Bonchev–Trinajstić information content (AvgIpc) is 2.95. The van der Waals surface area contributed by atoms with Crippen molar-refractivity contribution in [2.75, 3.05) is 51.2 Å². The van der Waals surface area contributed by atoms with Crippen LogP contribution in [0.3, 0.4) is 0 Å². The maximum Gasteiger partial charge on any atom is 0.255 e. The fourth-order valence-corrected chi connectivity index (χ4v) is 5.25. The van der Waals surface area contributed by atoms with Gasteiger partial charge in [-0.15, -0.1) is 0 Å². The molecule has 2 atom stereocenters. The number of hydrogen-bond donors (Lipinski definition) is 0. The number of piperidine rings is 1. The summed E-state index contributed by atoms with van der Waals surface area (Å²) in [6.45, 7) is 7.78. The van der Waals surface area contributed by atoms with Gasteiger partial charge in [0.25, 0.3) is 5.56 Å². The smallest absolute Gasteiger partial charge is 0.255 e. The lowest BCUT2D eigenvalue weighted by Gasteiger charge is -2.43. The van der Waals surface area contributed by atoms with Crippen LogP contribution < -0.4 is 10.5 Å². The van der Waals surface area contributed by atoms with Gasteiger partial charge in [0.15, 0.2) is 0 Å². The number of anilines is 1. The average molecular weight is 395 g/mol. The van der Waals surface area contributed by atoms with E-state index in [9.17, 15) is 4.79 Å². The summed E-state index contributed by atoms with van der Waals surface area (Å²) in [6.07, 6.45) is 7.65. The van der Waals surface area contributed by atoms with E-state index in [1.165, 1.54) is 12.1 Å². The molecule has 3 aliphatic rings. The normalized spacial score (nSPS) is 25.5. The van der Waals surface area contributed by atoms with Gasteiger partial charge in [0.2, 0.25) is 0 Å². The van der Waals surface area contributed by atoms with Crippen molar-refractivity contribution in [3.63, 3.8) is 0 Å². The summed E-state index contributed by atoms with van der Waals surface area (Å²) in [6, 6.07) is 4.30. The second-order valence-electron chi connectivity index (χ2n) is 8.90. The van der Waals surface area contributed by atoms with E-state index in [1.54, 1.807) is 12.4 Å². The maximum absolute atomic E-state index is 13.3. The second kappa shape index (κ2) is 7.88. The molecule has 29 heavy (non-hydrogen) atoms. The molecule has 2 bridgehead atoms. The highest BCUT2D eigenvalue weighted by Gasteiger charge is 2.35. The fourth-order valence-electron chi connectivity index (χ4n) is 5.25. The molecule has 2 fully saturated rings. The standard InChI is InChI=1S/C22H30N6O/c1-25-7-2-8-26(10-9-25)15-18-3-4-20-19-11-17(14-28(20)22(18)29)13-27(16-19)21-12-23-5-6-24-21/h3-6,12,17,19H,2,7-11,13-16H2,1H3/t17-,19+/m0/s1.